The Morgan fingerprint density at radius 1 is 1.12 bits per heavy atom. The van der Waals surface area contributed by atoms with Gasteiger partial charge in [-0.05, 0) is 56.5 Å². The van der Waals surface area contributed by atoms with Crippen molar-refractivity contribution in [1.82, 2.24) is 9.80 Å². The summed E-state index contributed by atoms with van der Waals surface area (Å²) in [7, 11) is 0. The number of aliphatic hydroxyl groups excluding tert-OH is 1. The molecule has 43 heavy (non-hydrogen) atoms. The van der Waals surface area contributed by atoms with E-state index in [1.165, 1.54) is 0 Å². The number of amides is 3. The number of ether oxygens (including phenoxy) is 1. The minimum absolute atomic E-state index is 0.0830. The van der Waals surface area contributed by atoms with Crippen molar-refractivity contribution < 1.29 is 24.2 Å². The zero-order valence-corrected chi connectivity index (χ0v) is 25.7. The standard InChI is InChI=1S/C34H41N3O5S/c1-5-19-35(21-24-11-9-8-10-12-24)33(41)30-34-18-17-27(43-34)28(29(34)32(40)37(30)23(4)22-38)31(39)36(20-6-2)25-13-15-26(16-14-25)42-7-3/h5-6,8-16,23,27-30,38H,1-2,7,17-22H2,3-4H3/t23-,27-,28+,29+,30?,34?/m1/s1. The Kier molecular flexibility index (Phi) is 9.32. The van der Waals surface area contributed by atoms with Crippen LogP contribution in [0.3, 0.4) is 0 Å². The average Bonchev–Trinajstić information content (AvgIpc) is 3.67. The van der Waals surface area contributed by atoms with Gasteiger partial charge in [0.25, 0.3) is 0 Å². The van der Waals surface area contributed by atoms with Crippen molar-refractivity contribution in [3.05, 3.63) is 85.5 Å². The van der Waals surface area contributed by atoms with Gasteiger partial charge in [0.1, 0.15) is 11.8 Å². The molecule has 3 aliphatic heterocycles. The normalized spacial score (nSPS) is 26.1. The lowest BCUT2D eigenvalue weighted by Gasteiger charge is -2.39. The first-order valence-corrected chi connectivity index (χ1v) is 15.9. The topological polar surface area (TPSA) is 90.4 Å². The number of carbonyl (C=O) groups is 3. The van der Waals surface area contributed by atoms with Gasteiger partial charge in [0.15, 0.2) is 0 Å². The van der Waals surface area contributed by atoms with Crippen molar-refractivity contribution in [2.75, 3.05) is 31.2 Å². The molecule has 8 nitrogen and oxygen atoms in total. The number of rotatable bonds is 13. The summed E-state index contributed by atoms with van der Waals surface area (Å²) in [6, 6.07) is 15.7. The van der Waals surface area contributed by atoms with E-state index in [4.69, 9.17) is 4.74 Å². The average molecular weight is 604 g/mol. The molecule has 2 bridgehead atoms. The van der Waals surface area contributed by atoms with Crippen LogP contribution in [-0.4, -0.2) is 81.0 Å². The third-order valence-electron chi connectivity index (χ3n) is 8.91. The molecule has 3 saturated heterocycles. The maximum atomic E-state index is 14.5. The number of carbonyl (C=O) groups excluding carboxylic acids is 3. The molecule has 2 aromatic carbocycles. The molecule has 0 aliphatic carbocycles. The molecule has 2 aromatic rings. The number of fused-ring (bicyclic) bond motifs is 1. The molecule has 6 atom stereocenters. The summed E-state index contributed by atoms with van der Waals surface area (Å²) < 4.78 is 4.83. The summed E-state index contributed by atoms with van der Waals surface area (Å²) in [4.78, 5) is 48.3. The largest absolute Gasteiger partial charge is 0.494 e. The van der Waals surface area contributed by atoms with Crippen LogP contribution in [-0.2, 0) is 20.9 Å². The van der Waals surface area contributed by atoms with Crippen LogP contribution in [0.15, 0.2) is 79.9 Å². The number of nitrogens with zero attached hydrogens (tertiary/aromatic N) is 3. The second-order valence-corrected chi connectivity index (χ2v) is 13.1. The van der Waals surface area contributed by atoms with E-state index in [9.17, 15) is 19.5 Å². The van der Waals surface area contributed by atoms with Gasteiger partial charge in [-0.15, -0.1) is 24.9 Å². The van der Waals surface area contributed by atoms with Crippen molar-refractivity contribution in [2.24, 2.45) is 11.8 Å². The summed E-state index contributed by atoms with van der Waals surface area (Å²) in [6.07, 6.45) is 4.78. The molecule has 1 N–H and O–H groups in total. The molecule has 3 amide bonds. The number of aliphatic hydroxyl groups is 1. The van der Waals surface area contributed by atoms with E-state index in [1.54, 1.807) is 45.5 Å². The zero-order chi connectivity index (χ0) is 30.7. The molecule has 1 spiro atoms. The number of likely N-dealkylation sites (tertiary alicyclic amines) is 1. The molecular formula is C34H41N3O5S. The van der Waals surface area contributed by atoms with Gasteiger partial charge in [0.2, 0.25) is 17.7 Å². The van der Waals surface area contributed by atoms with Crippen LogP contribution >= 0.6 is 11.8 Å². The monoisotopic (exact) mass is 603 g/mol. The molecule has 2 unspecified atom stereocenters. The van der Waals surface area contributed by atoms with Gasteiger partial charge in [0.05, 0.1) is 35.8 Å². The number of benzene rings is 2. The summed E-state index contributed by atoms with van der Waals surface area (Å²) in [5, 5.41) is 10.1. The highest BCUT2D eigenvalue weighted by Gasteiger charge is 2.74. The quantitative estimate of drug-likeness (QED) is 0.344. The van der Waals surface area contributed by atoms with Crippen molar-refractivity contribution >= 4 is 35.2 Å². The van der Waals surface area contributed by atoms with Gasteiger partial charge in [-0.1, -0.05) is 42.5 Å². The Balaban J connectivity index is 1.51. The minimum Gasteiger partial charge on any atom is -0.494 e. The molecule has 0 aromatic heterocycles. The summed E-state index contributed by atoms with van der Waals surface area (Å²) in [5.41, 5.74) is 1.68. The van der Waals surface area contributed by atoms with Crippen LogP contribution in [0, 0.1) is 11.8 Å². The molecule has 0 radical (unpaired) electrons. The Labute approximate surface area is 258 Å². The minimum atomic E-state index is -0.790. The van der Waals surface area contributed by atoms with E-state index in [1.807, 2.05) is 61.5 Å². The first-order chi connectivity index (χ1) is 20.8. The maximum absolute atomic E-state index is 14.5. The lowest BCUT2D eigenvalue weighted by Crippen LogP contribution is -2.56. The third kappa shape index (κ3) is 5.49. The van der Waals surface area contributed by atoms with Gasteiger partial charge in [-0.2, -0.15) is 0 Å². The Morgan fingerprint density at radius 2 is 1.81 bits per heavy atom. The fraction of sp³-hybridized carbons (Fsp3) is 0.441. The molecule has 3 fully saturated rings. The summed E-state index contributed by atoms with van der Waals surface area (Å²) in [5.74, 6) is -1.08. The summed E-state index contributed by atoms with van der Waals surface area (Å²) >= 11 is 1.63. The lowest BCUT2D eigenvalue weighted by molar-refractivity contribution is -0.145. The highest BCUT2D eigenvalue weighted by molar-refractivity contribution is 8.02. The molecule has 0 saturated carbocycles. The zero-order valence-electron chi connectivity index (χ0n) is 24.9. The molecule has 228 valence electrons. The number of thioether (sulfide) groups is 1. The Bertz CT molecular complexity index is 1350. The van der Waals surface area contributed by atoms with Crippen LogP contribution in [0.5, 0.6) is 5.75 Å². The van der Waals surface area contributed by atoms with E-state index < -0.39 is 28.7 Å². The Hall–Kier alpha value is -3.56. The second kappa shape index (κ2) is 13.0. The number of hydrogen-bond donors (Lipinski definition) is 1. The van der Waals surface area contributed by atoms with Gasteiger partial charge in [-0.3, -0.25) is 14.4 Å². The number of anilines is 1. The van der Waals surface area contributed by atoms with Crippen LogP contribution < -0.4 is 9.64 Å². The van der Waals surface area contributed by atoms with Gasteiger partial charge < -0.3 is 24.5 Å². The van der Waals surface area contributed by atoms with Crippen molar-refractivity contribution in [3.63, 3.8) is 0 Å². The van der Waals surface area contributed by atoms with E-state index in [0.29, 0.717) is 37.6 Å². The SMILES string of the molecule is C=CCN(Cc1ccccc1)C(=O)C1N([C@H](C)CO)C(=O)[C@@H]2[C@@H](C(=O)N(CC=C)c3ccc(OCC)cc3)[C@H]3CCC12S3. The second-order valence-electron chi connectivity index (χ2n) is 11.5. The van der Waals surface area contributed by atoms with Gasteiger partial charge >= 0.3 is 0 Å². The first kappa shape index (κ1) is 30.9. The van der Waals surface area contributed by atoms with Crippen LogP contribution in [0.2, 0.25) is 0 Å². The molecule has 5 rings (SSSR count). The molecule has 3 aliphatic rings. The predicted octanol–water partition coefficient (Wildman–Crippen LogP) is 4.29. The van der Waals surface area contributed by atoms with Crippen LogP contribution in [0.25, 0.3) is 0 Å². The fourth-order valence-corrected chi connectivity index (χ4v) is 9.29. The van der Waals surface area contributed by atoms with Crippen LogP contribution in [0.1, 0.15) is 32.3 Å². The predicted molar refractivity (Wildman–Crippen MR) is 170 cm³/mol. The third-order valence-corrected chi connectivity index (χ3v) is 10.9. The van der Waals surface area contributed by atoms with E-state index >= 15 is 0 Å². The van der Waals surface area contributed by atoms with E-state index in [2.05, 4.69) is 13.2 Å². The Morgan fingerprint density at radius 3 is 2.44 bits per heavy atom. The smallest absolute Gasteiger partial charge is 0.247 e. The van der Waals surface area contributed by atoms with Gasteiger partial charge in [-0.25, -0.2) is 0 Å². The fourth-order valence-electron chi connectivity index (χ4n) is 7.10. The highest BCUT2D eigenvalue weighted by atomic mass is 32.2. The molecular weight excluding hydrogens is 562 g/mol. The van der Waals surface area contributed by atoms with Gasteiger partial charge in [0, 0.05) is 30.6 Å². The first-order valence-electron chi connectivity index (χ1n) is 15.0. The highest BCUT2D eigenvalue weighted by Crippen LogP contribution is 2.67. The van der Waals surface area contributed by atoms with Crippen LogP contribution in [0.4, 0.5) is 5.69 Å². The van der Waals surface area contributed by atoms with E-state index in [-0.39, 0.29) is 36.1 Å². The van der Waals surface area contributed by atoms with Crippen molar-refractivity contribution in [2.45, 2.75) is 55.3 Å². The molecule has 9 heteroatoms. The number of hydrogen-bond acceptors (Lipinski definition) is 6. The maximum Gasteiger partial charge on any atom is 0.247 e. The molecule has 3 heterocycles. The lowest BCUT2D eigenvalue weighted by atomic mass is 9.70. The summed E-state index contributed by atoms with van der Waals surface area (Å²) in [6.45, 7) is 12.7. The van der Waals surface area contributed by atoms with E-state index in [0.717, 1.165) is 12.0 Å². The van der Waals surface area contributed by atoms with Crippen molar-refractivity contribution in [1.29, 1.82) is 0 Å². The van der Waals surface area contributed by atoms with Crippen molar-refractivity contribution in [3.8, 4) is 5.75 Å².